The quantitative estimate of drug-likeness (QED) is 0.416. The minimum atomic E-state index is -0.509. The van der Waals surface area contributed by atoms with Crippen LogP contribution < -0.4 is 15.2 Å². The Kier molecular flexibility index (Phi) is 11.5. The highest BCUT2D eigenvalue weighted by atomic mass is 16.5. The maximum absolute atomic E-state index is 9.59. The summed E-state index contributed by atoms with van der Waals surface area (Å²) >= 11 is 0. The third kappa shape index (κ3) is 9.48. The van der Waals surface area contributed by atoms with Gasteiger partial charge in [0.1, 0.15) is 11.5 Å². The van der Waals surface area contributed by atoms with Gasteiger partial charge < -0.3 is 20.3 Å². The van der Waals surface area contributed by atoms with Gasteiger partial charge in [-0.1, -0.05) is 58.9 Å². The monoisotopic (exact) mass is 379 g/mol. The van der Waals surface area contributed by atoms with Gasteiger partial charge in [0.05, 0.1) is 20.3 Å². The molecule has 0 bridgehead atoms. The second-order valence-corrected chi connectivity index (χ2v) is 8.19. The Morgan fingerprint density at radius 3 is 2.48 bits per heavy atom. The fraction of sp³-hybridized carbons (Fsp3) is 0.739. The van der Waals surface area contributed by atoms with E-state index < -0.39 is 5.54 Å². The average molecular weight is 380 g/mol. The highest BCUT2D eigenvalue weighted by molar-refractivity contribution is 5.41. The standard InChI is InChI=1S/C23H41NO3/c1-5-14-23(24,18-25)15-13-20-11-12-21(17-22(20)26-4)27-16-9-7-6-8-10-19(2)3/h11-12,17,19,25H,5-10,13-16,18,24H2,1-4H3/t23-/m0/s1. The van der Waals surface area contributed by atoms with Crippen molar-refractivity contribution in [3.05, 3.63) is 23.8 Å². The number of unbranched alkanes of at least 4 members (excludes halogenated alkanes) is 3. The number of aliphatic hydroxyl groups is 1. The molecule has 0 amide bonds. The van der Waals surface area contributed by atoms with Crippen LogP contribution in [-0.2, 0) is 6.42 Å². The van der Waals surface area contributed by atoms with Crippen LogP contribution in [-0.4, -0.2) is 31.0 Å². The first-order valence-electron chi connectivity index (χ1n) is 10.6. The number of nitrogens with two attached hydrogens (primary N) is 1. The molecule has 3 N–H and O–H groups in total. The van der Waals surface area contributed by atoms with Crippen LogP contribution in [0.5, 0.6) is 11.5 Å². The first kappa shape index (κ1) is 23.8. The SMILES string of the molecule is CCC[C@@](N)(CO)CCc1ccc(OCCCCCCC(C)C)cc1OC. The van der Waals surface area contributed by atoms with E-state index >= 15 is 0 Å². The summed E-state index contributed by atoms with van der Waals surface area (Å²) < 4.78 is 11.4. The Hall–Kier alpha value is -1.26. The Morgan fingerprint density at radius 2 is 1.85 bits per heavy atom. The van der Waals surface area contributed by atoms with Gasteiger partial charge in [0.2, 0.25) is 0 Å². The summed E-state index contributed by atoms with van der Waals surface area (Å²) in [6, 6.07) is 6.03. The van der Waals surface area contributed by atoms with Gasteiger partial charge in [0.25, 0.3) is 0 Å². The van der Waals surface area contributed by atoms with Crippen LogP contribution in [0.2, 0.25) is 0 Å². The van der Waals surface area contributed by atoms with Crippen LogP contribution in [0, 0.1) is 5.92 Å². The molecule has 1 rings (SSSR count). The molecule has 156 valence electrons. The van der Waals surface area contributed by atoms with E-state index in [4.69, 9.17) is 15.2 Å². The van der Waals surface area contributed by atoms with Gasteiger partial charge in [0.15, 0.2) is 0 Å². The molecule has 0 aromatic heterocycles. The van der Waals surface area contributed by atoms with Gasteiger partial charge >= 0.3 is 0 Å². The van der Waals surface area contributed by atoms with Gasteiger partial charge in [-0.3, -0.25) is 0 Å². The second-order valence-electron chi connectivity index (χ2n) is 8.19. The molecule has 0 saturated heterocycles. The number of aryl methyl sites for hydroxylation is 1. The van der Waals surface area contributed by atoms with Gasteiger partial charge in [-0.15, -0.1) is 0 Å². The molecular formula is C23H41NO3. The summed E-state index contributed by atoms with van der Waals surface area (Å²) in [5, 5.41) is 9.59. The predicted octanol–water partition coefficient (Wildman–Crippen LogP) is 5.10. The zero-order valence-corrected chi connectivity index (χ0v) is 17.9. The number of aliphatic hydroxyl groups excluding tert-OH is 1. The summed E-state index contributed by atoms with van der Waals surface area (Å²) in [7, 11) is 1.69. The number of hydrogen-bond donors (Lipinski definition) is 2. The Bertz CT molecular complexity index is 518. The Morgan fingerprint density at radius 1 is 1.11 bits per heavy atom. The molecule has 4 nitrogen and oxygen atoms in total. The fourth-order valence-electron chi connectivity index (χ4n) is 3.38. The molecule has 0 radical (unpaired) electrons. The van der Waals surface area contributed by atoms with E-state index in [1.807, 2.05) is 12.1 Å². The van der Waals surface area contributed by atoms with Crippen LogP contribution in [0.3, 0.4) is 0 Å². The lowest BCUT2D eigenvalue weighted by molar-refractivity contribution is 0.177. The number of rotatable bonds is 15. The minimum Gasteiger partial charge on any atom is -0.496 e. The topological polar surface area (TPSA) is 64.7 Å². The van der Waals surface area contributed by atoms with E-state index in [-0.39, 0.29) is 6.61 Å². The van der Waals surface area contributed by atoms with E-state index in [0.29, 0.717) is 0 Å². The van der Waals surface area contributed by atoms with E-state index in [9.17, 15) is 5.11 Å². The van der Waals surface area contributed by atoms with Crippen LogP contribution in [0.15, 0.2) is 18.2 Å². The van der Waals surface area contributed by atoms with Crippen molar-refractivity contribution in [3.8, 4) is 11.5 Å². The zero-order chi connectivity index (χ0) is 20.1. The third-order valence-corrected chi connectivity index (χ3v) is 5.16. The van der Waals surface area contributed by atoms with Gasteiger partial charge in [0, 0.05) is 11.6 Å². The third-order valence-electron chi connectivity index (χ3n) is 5.16. The van der Waals surface area contributed by atoms with Crippen molar-refractivity contribution >= 4 is 0 Å². The molecule has 1 aromatic carbocycles. The minimum absolute atomic E-state index is 0.0154. The average Bonchev–Trinajstić information content (AvgIpc) is 2.66. The number of hydrogen-bond acceptors (Lipinski definition) is 4. The lowest BCUT2D eigenvalue weighted by atomic mass is 9.88. The summed E-state index contributed by atoms with van der Waals surface area (Å²) in [5.74, 6) is 2.49. The smallest absolute Gasteiger partial charge is 0.125 e. The zero-order valence-electron chi connectivity index (χ0n) is 17.9. The summed E-state index contributed by atoms with van der Waals surface area (Å²) in [6.07, 6.45) is 9.55. The molecule has 0 unspecified atom stereocenters. The summed E-state index contributed by atoms with van der Waals surface area (Å²) in [5.41, 5.74) is 6.89. The molecule has 27 heavy (non-hydrogen) atoms. The van der Waals surface area contributed by atoms with Gasteiger partial charge in [-0.05, 0) is 43.2 Å². The first-order chi connectivity index (χ1) is 12.9. The molecule has 0 aliphatic rings. The Balaban J connectivity index is 2.45. The molecule has 1 atom stereocenters. The molecule has 0 spiro atoms. The highest BCUT2D eigenvalue weighted by Crippen LogP contribution is 2.28. The largest absolute Gasteiger partial charge is 0.496 e. The molecular weight excluding hydrogens is 338 g/mol. The van der Waals surface area contributed by atoms with Crippen molar-refractivity contribution in [1.82, 2.24) is 0 Å². The van der Waals surface area contributed by atoms with E-state index in [1.165, 1.54) is 25.7 Å². The summed E-state index contributed by atoms with van der Waals surface area (Å²) in [6.45, 7) is 7.41. The molecule has 0 heterocycles. The van der Waals surface area contributed by atoms with Gasteiger partial charge in [-0.25, -0.2) is 0 Å². The van der Waals surface area contributed by atoms with E-state index in [2.05, 4.69) is 26.8 Å². The van der Waals surface area contributed by atoms with Crippen molar-refractivity contribution in [2.45, 2.75) is 84.1 Å². The van der Waals surface area contributed by atoms with Gasteiger partial charge in [-0.2, -0.15) is 0 Å². The van der Waals surface area contributed by atoms with Crippen molar-refractivity contribution in [2.24, 2.45) is 11.7 Å². The number of benzene rings is 1. The van der Waals surface area contributed by atoms with Crippen LogP contribution in [0.1, 0.15) is 77.7 Å². The van der Waals surface area contributed by atoms with E-state index in [1.54, 1.807) is 7.11 Å². The van der Waals surface area contributed by atoms with Crippen molar-refractivity contribution in [3.63, 3.8) is 0 Å². The number of ether oxygens (including phenoxy) is 2. The summed E-state index contributed by atoms with van der Waals surface area (Å²) in [4.78, 5) is 0. The van der Waals surface area contributed by atoms with E-state index in [0.717, 1.165) is 61.7 Å². The normalized spacial score (nSPS) is 13.6. The number of methoxy groups -OCH3 is 1. The lowest BCUT2D eigenvalue weighted by Crippen LogP contribution is -2.43. The second kappa shape index (κ2) is 13.0. The van der Waals surface area contributed by atoms with Crippen molar-refractivity contribution in [1.29, 1.82) is 0 Å². The highest BCUT2D eigenvalue weighted by Gasteiger charge is 2.23. The Labute approximate surface area is 166 Å². The predicted molar refractivity (Wildman–Crippen MR) is 114 cm³/mol. The van der Waals surface area contributed by atoms with Crippen LogP contribution >= 0.6 is 0 Å². The van der Waals surface area contributed by atoms with Crippen molar-refractivity contribution in [2.75, 3.05) is 20.3 Å². The molecule has 0 aliphatic heterocycles. The molecule has 4 heteroatoms. The van der Waals surface area contributed by atoms with Crippen molar-refractivity contribution < 1.29 is 14.6 Å². The van der Waals surface area contributed by atoms with Crippen LogP contribution in [0.4, 0.5) is 0 Å². The lowest BCUT2D eigenvalue weighted by Gasteiger charge is -2.27. The maximum Gasteiger partial charge on any atom is 0.125 e. The van der Waals surface area contributed by atoms with Crippen LogP contribution in [0.25, 0.3) is 0 Å². The molecule has 1 aromatic rings. The first-order valence-corrected chi connectivity index (χ1v) is 10.6. The molecule has 0 saturated carbocycles. The fourth-order valence-corrected chi connectivity index (χ4v) is 3.38. The molecule has 0 aliphatic carbocycles. The maximum atomic E-state index is 9.59. The molecule has 0 fully saturated rings.